The van der Waals surface area contributed by atoms with E-state index in [0.29, 0.717) is 29.6 Å². The maximum Gasteiger partial charge on any atom is 0.254 e. The maximum atomic E-state index is 13.0. The Labute approximate surface area is 157 Å². The molecule has 1 atom stereocenters. The van der Waals surface area contributed by atoms with E-state index in [0.717, 1.165) is 24.2 Å². The second-order valence-corrected chi connectivity index (χ2v) is 7.12. The first-order valence-corrected chi connectivity index (χ1v) is 9.17. The van der Waals surface area contributed by atoms with Gasteiger partial charge in [-0.2, -0.15) is 10.1 Å². The van der Waals surface area contributed by atoms with Gasteiger partial charge in [-0.05, 0) is 31.9 Å². The third kappa shape index (κ3) is 3.34. The lowest BCUT2D eigenvalue weighted by molar-refractivity contribution is 0.0730. The van der Waals surface area contributed by atoms with Crippen LogP contribution in [0.1, 0.15) is 66.5 Å². The highest BCUT2D eigenvalue weighted by Crippen LogP contribution is 2.31. The van der Waals surface area contributed by atoms with Gasteiger partial charge in [0.25, 0.3) is 5.91 Å². The van der Waals surface area contributed by atoms with Gasteiger partial charge in [0.1, 0.15) is 5.82 Å². The number of benzene rings is 1. The Bertz CT molecular complexity index is 943. The predicted molar refractivity (Wildman–Crippen MR) is 98.0 cm³/mol. The summed E-state index contributed by atoms with van der Waals surface area (Å²) in [6, 6.07) is 7.24. The molecule has 8 nitrogen and oxygen atoms in total. The van der Waals surface area contributed by atoms with Gasteiger partial charge >= 0.3 is 0 Å². The van der Waals surface area contributed by atoms with Crippen LogP contribution >= 0.6 is 0 Å². The van der Waals surface area contributed by atoms with Gasteiger partial charge in [0.15, 0.2) is 5.82 Å². The molecule has 3 heterocycles. The molecule has 0 spiro atoms. The summed E-state index contributed by atoms with van der Waals surface area (Å²) in [4.78, 5) is 23.6. The smallest absolute Gasteiger partial charge is 0.254 e. The van der Waals surface area contributed by atoms with Crippen LogP contribution in [0.25, 0.3) is 11.4 Å². The van der Waals surface area contributed by atoms with Crippen molar-refractivity contribution in [3.63, 3.8) is 0 Å². The number of carbonyl (C=O) groups excluding carboxylic acids is 1. The van der Waals surface area contributed by atoms with E-state index >= 15 is 0 Å². The molecule has 1 N–H and O–H groups in total. The Morgan fingerprint density at radius 1 is 1.26 bits per heavy atom. The molecule has 1 aliphatic rings. The standard InChI is InChI=1S/C19H22N6O2/c1-11(2)18-21-16(24-27-18)13-6-8-14(9-7-13)19(26)25-10-4-5-15(25)17-20-12(3)22-23-17/h6-9,11,15H,4-5,10H2,1-3H3,(H,20,22,23)/t15-/m0/s1. The number of rotatable bonds is 4. The fraction of sp³-hybridized carbons (Fsp3) is 0.421. The zero-order chi connectivity index (χ0) is 19.0. The van der Waals surface area contributed by atoms with E-state index in [1.54, 1.807) is 0 Å². The fourth-order valence-corrected chi connectivity index (χ4v) is 3.30. The Morgan fingerprint density at radius 2 is 2.04 bits per heavy atom. The molecule has 140 valence electrons. The molecule has 0 unspecified atom stereocenters. The quantitative estimate of drug-likeness (QED) is 0.760. The molecule has 1 amide bonds. The minimum Gasteiger partial charge on any atom is -0.339 e. The summed E-state index contributed by atoms with van der Waals surface area (Å²) in [6.07, 6.45) is 1.82. The molecule has 1 aromatic carbocycles. The van der Waals surface area contributed by atoms with Crippen molar-refractivity contribution in [1.29, 1.82) is 0 Å². The van der Waals surface area contributed by atoms with Crippen molar-refractivity contribution in [1.82, 2.24) is 30.2 Å². The normalized spacial score (nSPS) is 17.0. The highest BCUT2D eigenvalue weighted by atomic mass is 16.5. The van der Waals surface area contributed by atoms with E-state index in [-0.39, 0.29) is 17.9 Å². The molecular weight excluding hydrogens is 344 g/mol. The average molecular weight is 366 g/mol. The maximum absolute atomic E-state index is 13.0. The van der Waals surface area contributed by atoms with E-state index in [9.17, 15) is 4.79 Å². The Kier molecular flexibility index (Phi) is 4.47. The number of carbonyl (C=O) groups is 1. The van der Waals surface area contributed by atoms with Crippen molar-refractivity contribution in [3.05, 3.63) is 47.4 Å². The molecule has 1 fully saturated rings. The van der Waals surface area contributed by atoms with Crippen molar-refractivity contribution in [2.75, 3.05) is 6.54 Å². The van der Waals surface area contributed by atoms with Crippen molar-refractivity contribution >= 4 is 5.91 Å². The van der Waals surface area contributed by atoms with Crippen LogP contribution in [0.2, 0.25) is 0 Å². The van der Waals surface area contributed by atoms with E-state index < -0.39 is 0 Å². The summed E-state index contributed by atoms with van der Waals surface area (Å²) >= 11 is 0. The molecule has 3 aromatic rings. The van der Waals surface area contributed by atoms with Crippen LogP contribution in [0.4, 0.5) is 0 Å². The van der Waals surface area contributed by atoms with E-state index in [1.165, 1.54) is 0 Å². The van der Waals surface area contributed by atoms with Gasteiger partial charge in [0.2, 0.25) is 11.7 Å². The number of amides is 1. The zero-order valence-corrected chi connectivity index (χ0v) is 15.6. The van der Waals surface area contributed by atoms with Crippen LogP contribution < -0.4 is 0 Å². The summed E-state index contributed by atoms with van der Waals surface area (Å²) in [5.41, 5.74) is 1.45. The summed E-state index contributed by atoms with van der Waals surface area (Å²) in [5.74, 6) is 2.75. The Balaban J connectivity index is 1.53. The second-order valence-electron chi connectivity index (χ2n) is 7.12. The fourth-order valence-electron chi connectivity index (χ4n) is 3.30. The predicted octanol–water partition coefficient (Wildman–Crippen LogP) is 3.26. The van der Waals surface area contributed by atoms with Crippen LogP contribution in [0.5, 0.6) is 0 Å². The largest absolute Gasteiger partial charge is 0.339 e. The topological polar surface area (TPSA) is 101 Å². The van der Waals surface area contributed by atoms with Gasteiger partial charge in [-0.25, -0.2) is 4.98 Å². The van der Waals surface area contributed by atoms with Gasteiger partial charge in [0.05, 0.1) is 6.04 Å². The highest BCUT2D eigenvalue weighted by molar-refractivity contribution is 5.95. The van der Waals surface area contributed by atoms with Crippen LogP contribution in [-0.4, -0.2) is 42.7 Å². The number of nitrogens with zero attached hydrogens (tertiary/aromatic N) is 5. The molecular formula is C19H22N6O2. The van der Waals surface area contributed by atoms with Gasteiger partial charge in [-0.3, -0.25) is 9.89 Å². The minimum absolute atomic E-state index is 0.0116. The summed E-state index contributed by atoms with van der Waals surface area (Å²) in [6.45, 7) is 6.57. The molecule has 4 rings (SSSR count). The van der Waals surface area contributed by atoms with Crippen molar-refractivity contribution in [2.45, 2.75) is 45.6 Å². The molecule has 27 heavy (non-hydrogen) atoms. The van der Waals surface area contributed by atoms with E-state index in [2.05, 4.69) is 25.3 Å². The first-order chi connectivity index (χ1) is 13.0. The van der Waals surface area contributed by atoms with Crippen LogP contribution in [0.15, 0.2) is 28.8 Å². The SMILES string of the molecule is Cc1nc([C@@H]2CCCN2C(=O)c2ccc(-c3noc(C(C)C)n3)cc2)n[nH]1. The number of aryl methyl sites for hydroxylation is 1. The lowest BCUT2D eigenvalue weighted by atomic mass is 10.1. The van der Waals surface area contributed by atoms with Crippen LogP contribution in [0, 0.1) is 6.92 Å². The second kappa shape index (κ2) is 6.94. The van der Waals surface area contributed by atoms with Crippen LogP contribution in [0.3, 0.4) is 0 Å². The lowest BCUT2D eigenvalue weighted by Gasteiger charge is -2.22. The summed E-state index contributed by atoms with van der Waals surface area (Å²) in [5, 5.41) is 11.1. The third-order valence-corrected chi connectivity index (χ3v) is 4.75. The van der Waals surface area contributed by atoms with Crippen molar-refractivity contribution < 1.29 is 9.32 Å². The van der Waals surface area contributed by atoms with Gasteiger partial charge < -0.3 is 9.42 Å². The molecule has 2 aromatic heterocycles. The molecule has 0 saturated carbocycles. The van der Waals surface area contributed by atoms with Crippen molar-refractivity contribution in [3.8, 4) is 11.4 Å². The summed E-state index contributed by atoms with van der Waals surface area (Å²) in [7, 11) is 0. The zero-order valence-electron chi connectivity index (χ0n) is 15.6. The monoisotopic (exact) mass is 366 g/mol. The first-order valence-electron chi connectivity index (χ1n) is 9.17. The summed E-state index contributed by atoms with van der Waals surface area (Å²) < 4.78 is 5.25. The van der Waals surface area contributed by atoms with Crippen LogP contribution in [-0.2, 0) is 0 Å². The number of aromatic nitrogens is 5. The average Bonchev–Trinajstić information content (AvgIpc) is 3.41. The number of likely N-dealkylation sites (tertiary alicyclic amines) is 1. The number of nitrogens with one attached hydrogen (secondary N) is 1. The Morgan fingerprint density at radius 3 is 2.67 bits per heavy atom. The molecule has 0 bridgehead atoms. The first kappa shape index (κ1) is 17.4. The van der Waals surface area contributed by atoms with E-state index in [4.69, 9.17) is 4.52 Å². The number of hydrogen-bond acceptors (Lipinski definition) is 6. The lowest BCUT2D eigenvalue weighted by Crippen LogP contribution is -2.31. The number of aromatic amines is 1. The van der Waals surface area contributed by atoms with E-state index in [1.807, 2.05) is 49.9 Å². The van der Waals surface area contributed by atoms with Gasteiger partial charge in [-0.15, -0.1) is 0 Å². The minimum atomic E-state index is -0.0760. The molecule has 0 radical (unpaired) electrons. The molecule has 0 aliphatic carbocycles. The number of H-pyrrole nitrogens is 1. The molecule has 1 saturated heterocycles. The van der Waals surface area contributed by atoms with Gasteiger partial charge in [0, 0.05) is 23.6 Å². The Hall–Kier alpha value is -3.03. The number of hydrogen-bond donors (Lipinski definition) is 1. The van der Waals surface area contributed by atoms with Crippen molar-refractivity contribution in [2.24, 2.45) is 0 Å². The van der Waals surface area contributed by atoms with Gasteiger partial charge in [-0.1, -0.05) is 31.1 Å². The third-order valence-electron chi connectivity index (χ3n) is 4.75. The molecule has 8 heteroatoms. The molecule has 1 aliphatic heterocycles. The highest BCUT2D eigenvalue weighted by Gasteiger charge is 2.33.